The van der Waals surface area contributed by atoms with Gasteiger partial charge in [-0.05, 0) is 12.1 Å². The van der Waals surface area contributed by atoms with E-state index in [1.807, 2.05) is 0 Å². The SMILES string of the molecule is [2H]c1c([2H])c([2H])c2c(c1[2H])OCC(C1=NC([2H])([2H])C([2H])([2H])N1)O2. The highest BCUT2D eigenvalue weighted by Crippen LogP contribution is 2.31. The van der Waals surface area contributed by atoms with Crippen LogP contribution in [0.1, 0.15) is 11.0 Å². The second-order valence-corrected chi connectivity index (χ2v) is 2.93. The average Bonchev–Trinajstić information content (AvgIpc) is 2.70. The Morgan fingerprint density at radius 1 is 1.47 bits per heavy atom. The van der Waals surface area contributed by atoms with E-state index in [1.165, 1.54) is 0 Å². The van der Waals surface area contributed by atoms with Crippen LogP contribution in [0.2, 0.25) is 0 Å². The van der Waals surface area contributed by atoms with Crippen molar-refractivity contribution in [3.05, 3.63) is 24.2 Å². The van der Waals surface area contributed by atoms with Crippen LogP contribution in [0.4, 0.5) is 0 Å². The van der Waals surface area contributed by atoms with Crippen molar-refractivity contribution in [1.82, 2.24) is 5.32 Å². The van der Waals surface area contributed by atoms with Gasteiger partial charge in [-0.25, -0.2) is 0 Å². The summed E-state index contributed by atoms with van der Waals surface area (Å²) >= 11 is 0. The molecule has 1 unspecified atom stereocenters. The molecule has 0 aliphatic carbocycles. The Hall–Kier alpha value is -1.71. The largest absolute Gasteiger partial charge is 0.485 e. The topological polar surface area (TPSA) is 42.8 Å². The molecule has 0 spiro atoms. The molecule has 4 nitrogen and oxygen atoms in total. The van der Waals surface area contributed by atoms with Gasteiger partial charge in [-0.2, -0.15) is 0 Å². The Balaban J connectivity index is 1.96. The molecule has 1 atom stereocenters. The van der Waals surface area contributed by atoms with E-state index in [4.69, 9.17) is 20.4 Å². The summed E-state index contributed by atoms with van der Waals surface area (Å²) in [6, 6.07) is -1.72. The summed E-state index contributed by atoms with van der Waals surface area (Å²) in [7, 11) is 0. The highest BCUT2D eigenvalue weighted by Gasteiger charge is 2.26. The fraction of sp³-hybridized carbons (Fsp3) is 0.364. The lowest BCUT2D eigenvalue weighted by atomic mass is 10.2. The van der Waals surface area contributed by atoms with E-state index >= 15 is 0 Å². The summed E-state index contributed by atoms with van der Waals surface area (Å²) in [4.78, 5) is 3.63. The van der Waals surface area contributed by atoms with Gasteiger partial charge >= 0.3 is 0 Å². The first-order valence-corrected chi connectivity index (χ1v) is 4.33. The summed E-state index contributed by atoms with van der Waals surface area (Å²) in [6.45, 7) is -5.09. The molecule has 1 aromatic carbocycles. The first-order valence-electron chi connectivity index (χ1n) is 8.33. The zero-order valence-electron chi connectivity index (χ0n) is 15.5. The van der Waals surface area contributed by atoms with Crippen LogP contribution in [0.5, 0.6) is 11.5 Å². The molecule has 0 saturated carbocycles. The van der Waals surface area contributed by atoms with Crippen molar-refractivity contribution in [1.29, 1.82) is 0 Å². The van der Waals surface area contributed by atoms with E-state index in [0.29, 0.717) is 0 Å². The predicted octanol–water partition coefficient (Wildman–Crippen LogP) is 0.828. The Morgan fingerprint density at radius 2 is 2.33 bits per heavy atom. The number of ether oxygens (including phenoxy) is 2. The first kappa shape index (κ1) is 3.70. The van der Waals surface area contributed by atoms with Gasteiger partial charge in [0.25, 0.3) is 0 Å². The maximum Gasteiger partial charge on any atom is 0.189 e. The third-order valence-corrected chi connectivity index (χ3v) is 1.99. The first-order chi connectivity index (χ1) is 10.5. The molecule has 0 radical (unpaired) electrons. The van der Waals surface area contributed by atoms with Gasteiger partial charge < -0.3 is 14.8 Å². The van der Waals surface area contributed by atoms with Crippen molar-refractivity contribution >= 4 is 5.84 Å². The number of benzene rings is 1. The summed E-state index contributed by atoms with van der Waals surface area (Å²) in [6.07, 6.45) is -1.00. The van der Waals surface area contributed by atoms with Crippen molar-refractivity contribution in [2.75, 3.05) is 19.6 Å². The molecule has 1 aromatic rings. The van der Waals surface area contributed by atoms with E-state index in [1.54, 1.807) is 0 Å². The molecule has 2 aliphatic rings. The number of nitrogens with one attached hydrogen (secondary N) is 1. The smallest absolute Gasteiger partial charge is 0.189 e. The number of fused-ring (bicyclic) bond motifs is 1. The van der Waals surface area contributed by atoms with E-state index in [9.17, 15) is 0 Å². The molecule has 4 heteroatoms. The summed E-state index contributed by atoms with van der Waals surface area (Å²) < 4.78 is 71.8. The molecule has 15 heavy (non-hydrogen) atoms. The molecule has 0 fully saturated rings. The second kappa shape index (κ2) is 3.46. The summed E-state index contributed by atoms with van der Waals surface area (Å²) in [5.41, 5.74) is 0. The minimum absolute atomic E-state index is 0.113. The monoisotopic (exact) mass is 212 g/mol. The fourth-order valence-electron chi connectivity index (χ4n) is 1.30. The average molecular weight is 212 g/mol. The van der Waals surface area contributed by atoms with E-state index in [2.05, 4.69) is 10.3 Å². The number of hydrogen-bond donors (Lipinski definition) is 1. The third kappa shape index (κ3) is 1.52. The van der Waals surface area contributed by atoms with Gasteiger partial charge in [-0.3, -0.25) is 4.99 Å². The second-order valence-electron chi connectivity index (χ2n) is 2.93. The van der Waals surface area contributed by atoms with Gasteiger partial charge in [0.05, 0.1) is 17.5 Å². The lowest BCUT2D eigenvalue weighted by Gasteiger charge is -2.26. The summed E-state index contributed by atoms with van der Waals surface area (Å²) in [5, 5.41) is 2.29. The molecule has 78 valence electrons. The van der Waals surface area contributed by atoms with Gasteiger partial charge in [0.1, 0.15) is 12.4 Å². The molecule has 1 N–H and O–H groups in total. The normalized spacial score (nSPS) is 37.6. The molecule has 3 rings (SSSR count). The lowest BCUT2D eigenvalue weighted by molar-refractivity contribution is 0.133. The quantitative estimate of drug-likeness (QED) is 0.749. The van der Waals surface area contributed by atoms with Crippen molar-refractivity contribution in [3.8, 4) is 11.5 Å². The maximum atomic E-state index is 7.82. The van der Waals surface area contributed by atoms with Crippen LogP contribution in [0.15, 0.2) is 29.2 Å². The number of rotatable bonds is 1. The highest BCUT2D eigenvalue weighted by molar-refractivity contribution is 5.88. The van der Waals surface area contributed by atoms with Crippen LogP contribution < -0.4 is 14.8 Å². The van der Waals surface area contributed by atoms with E-state index in [0.717, 1.165) is 0 Å². The van der Waals surface area contributed by atoms with Crippen molar-refractivity contribution in [2.24, 2.45) is 4.99 Å². The van der Waals surface area contributed by atoms with Gasteiger partial charge in [0, 0.05) is 6.50 Å². The zero-order chi connectivity index (χ0) is 17.2. The molecule has 0 bridgehead atoms. The Kier molecular flexibility index (Phi) is 0.853. The maximum absolute atomic E-state index is 7.82. The minimum atomic E-state index is -2.48. The number of para-hydroxylation sites is 2. The van der Waals surface area contributed by atoms with E-state index < -0.39 is 37.2 Å². The van der Waals surface area contributed by atoms with Crippen LogP contribution in [0.3, 0.4) is 0 Å². The van der Waals surface area contributed by atoms with Crippen LogP contribution in [0.25, 0.3) is 0 Å². The molecule has 2 heterocycles. The number of hydrogen-bond acceptors (Lipinski definition) is 4. The van der Waals surface area contributed by atoms with Crippen LogP contribution >= 0.6 is 0 Å². The van der Waals surface area contributed by atoms with Gasteiger partial charge in [0.15, 0.2) is 17.6 Å². The molecule has 0 saturated heterocycles. The Morgan fingerprint density at radius 3 is 3.13 bits per heavy atom. The summed E-state index contributed by atoms with van der Waals surface area (Å²) in [5.74, 6) is -0.445. The van der Waals surface area contributed by atoms with Crippen molar-refractivity contribution in [3.63, 3.8) is 0 Å². The van der Waals surface area contributed by atoms with Crippen LogP contribution in [-0.4, -0.2) is 31.5 Å². The zero-order valence-corrected chi connectivity index (χ0v) is 7.55. The number of amidine groups is 1. The van der Waals surface area contributed by atoms with Crippen LogP contribution in [-0.2, 0) is 0 Å². The number of aliphatic imine (C=N–C) groups is 1. The van der Waals surface area contributed by atoms with Crippen molar-refractivity contribution in [2.45, 2.75) is 6.10 Å². The molecular weight excluding hydrogens is 192 g/mol. The van der Waals surface area contributed by atoms with Crippen molar-refractivity contribution < 1.29 is 20.4 Å². The minimum Gasteiger partial charge on any atom is -0.485 e. The van der Waals surface area contributed by atoms with Crippen LogP contribution in [0, 0.1) is 0 Å². The predicted molar refractivity (Wildman–Crippen MR) is 56.7 cm³/mol. The van der Waals surface area contributed by atoms with Gasteiger partial charge in [-0.1, -0.05) is 12.1 Å². The molecular formula is C11H12N2O2. The van der Waals surface area contributed by atoms with Gasteiger partial charge in [-0.15, -0.1) is 0 Å². The molecule has 2 aliphatic heterocycles. The number of nitrogens with zero attached hydrogens (tertiary/aromatic N) is 1. The molecule has 0 aromatic heterocycles. The standard InChI is InChI=1S/C11H12N2O2/c1-2-4-9-8(3-1)14-7-10(15-9)11-12-5-6-13-11/h1-4,10H,5-7H2,(H,12,13)/i1D,2D,3D,4D,5D2,6D2. The van der Waals surface area contributed by atoms with Gasteiger partial charge in [0.2, 0.25) is 0 Å². The molecule has 0 amide bonds. The lowest BCUT2D eigenvalue weighted by Crippen LogP contribution is -2.42. The fourth-order valence-corrected chi connectivity index (χ4v) is 1.30. The Bertz CT molecular complexity index is 721. The third-order valence-electron chi connectivity index (χ3n) is 1.99. The Labute approximate surface area is 99.2 Å². The van der Waals surface area contributed by atoms with E-state index in [-0.39, 0.29) is 30.0 Å². The highest BCUT2D eigenvalue weighted by atomic mass is 16.6.